The van der Waals surface area contributed by atoms with Crippen LogP contribution in [0.3, 0.4) is 0 Å². The van der Waals surface area contributed by atoms with Gasteiger partial charge in [-0.3, -0.25) is 14.9 Å². The average molecular weight is 401 g/mol. The van der Waals surface area contributed by atoms with Gasteiger partial charge in [-0.15, -0.1) is 0 Å². The highest BCUT2D eigenvalue weighted by atomic mass is 19.1. The first-order valence-electron chi connectivity index (χ1n) is 8.36. The summed E-state index contributed by atoms with van der Waals surface area (Å²) in [5.74, 6) is -0.0847. The maximum atomic E-state index is 13.0. The minimum atomic E-state index is -0.701. The van der Waals surface area contributed by atoms with Gasteiger partial charge in [0.05, 0.1) is 23.7 Å². The molecule has 1 aromatic heterocycles. The number of carbonyl (C=O) groups excluding carboxylic acids is 1. The minimum Gasteiger partial charge on any atom is -0.496 e. The number of nitrogens with zero attached hydrogens (tertiary/aromatic N) is 2. The number of halogens is 1. The van der Waals surface area contributed by atoms with Gasteiger partial charge in [-0.2, -0.15) is 0 Å². The molecule has 9 nitrogen and oxygen atoms in total. The molecule has 0 aliphatic heterocycles. The highest BCUT2D eigenvalue weighted by Gasteiger charge is 2.24. The van der Waals surface area contributed by atoms with E-state index in [-0.39, 0.29) is 29.4 Å². The van der Waals surface area contributed by atoms with Crippen molar-refractivity contribution in [1.82, 2.24) is 5.16 Å². The van der Waals surface area contributed by atoms with Gasteiger partial charge in [-0.05, 0) is 43.3 Å². The van der Waals surface area contributed by atoms with Crippen LogP contribution in [0.5, 0.6) is 11.5 Å². The Bertz CT molecular complexity index is 1050. The Morgan fingerprint density at radius 2 is 1.93 bits per heavy atom. The Labute approximate surface area is 164 Å². The third-order valence-corrected chi connectivity index (χ3v) is 4.05. The quantitative estimate of drug-likeness (QED) is 0.472. The molecule has 0 saturated heterocycles. The Balaban J connectivity index is 1.80. The van der Waals surface area contributed by atoms with Crippen molar-refractivity contribution in [3.05, 3.63) is 75.4 Å². The van der Waals surface area contributed by atoms with Crippen LogP contribution in [0.15, 0.2) is 47.0 Å². The summed E-state index contributed by atoms with van der Waals surface area (Å²) in [6.45, 7) is 1.54. The number of nitro benzene ring substituents is 1. The van der Waals surface area contributed by atoms with Crippen LogP contribution in [0, 0.1) is 22.9 Å². The van der Waals surface area contributed by atoms with Crippen molar-refractivity contribution in [2.45, 2.75) is 13.5 Å². The lowest BCUT2D eigenvalue weighted by Crippen LogP contribution is -2.16. The van der Waals surface area contributed by atoms with Gasteiger partial charge in [-0.1, -0.05) is 5.16 Å². The monoisotopic (exact) mass is 401 g/mol. The fourth-order valence-electron chi connectivity index (χ4n) is 2.50. The molecule has 0 unspecified atom stereocenters. The number of anilines is 1. The van der Waals surface area contributed by atoms with E-state index in [9.17, 15) is 19.3 Å². The summed E-state index contributed by atoms with van der Waals surface area (Å²) in [6, 6.07) is 9.41. The SMILES string of the molecule is COc1ccc(NC(=O)c2noc(C)c2COc2ccc(F)cc2)c([N+](=O)[O-])c1. The normalized spacial score (nSPS) is 10.4. The number of nitrogens with one attached hydrogen (secondary N) is 1. The molecule has 0 atom stereocenters. The van der Waals surface area contributed by atoms with E-state index in [1.165, 1.54) is 49.6 Å². The van der Waals surface area contributed by atoms with E-state index in [0.29, 0.717) is 17.1 Å². The molecule has 0 bridgehead atoms. The molecule has 0 saturated carbocycles. The topological polar surface area (TPSA) is 117 Å². The van der Waals surface area contributed by atoms with Crippen LogP contribution in [-0.2, 0) is 6.61 Å². The van der Waals surface area contributed by atoms with Crippen LogP contribution in [0.25, 0.3) is 0 Å². The van der Waals surface area contributed by atoms with Crippen molar-refractivity contribution < 1.29 is 28.1 Å². The van der Waals surface area contributed by atoms with Crippen molar-refractivity contribution in [2.75, 3.05) is 12.4 Å². The van der Waals surface area contributed by atoms with Crippen LogP contribution in [0.2, 0.25) is 0 Å². The number of ether oxygens (including phenoxy) is 2. The summed E-state index contributed by atoms with van der Waals surface area (Å²) in [6.07, 6.45) is 0. The summed E-state index contributed by atoms with van der Waals surface area (Å²) >= 11 is 0. The van der Waals surface area contributed by atoms with Gasteiger partial charge in [-0.25, -0.2) is 4.39 Å². The highest BCUT2D eigenvalue weighted by molar-refractivity contribution is 6.05. The lowest BCUT2D eigenvalue weighted by molar-refractivity contribution is -0.384. The average Bonchev–Trinajstić information content (AvgIpc) is 3.08. The molecule has 0 fully saturated rings. The van der Waals surface area contributed by atoms with Crippen LogP contribution >= 0.6 is 0 Å². The van der Waals surface area contributed by atoms with Gasteiger partial charge >= 0.3 is 0 Å². The van der Waals surface area contributed by atoms with Crippen molar-refractivity contribution in [3.8, 4) is 11.5 Å². The molecule has 0 aliphatic carbocycles. The summed E-state index contributed by atoms with van der Waals surface area (Å²) < 4.78 is 28.6. The molecule has 10 heteroatoms. The predicted octanol–water partition coefficient (Wildman–Crippen LogP) is 3.87. The Morgan fingerprint density at radius 1 is 1.24 bits per heavy atom. The zero-order chi connectivity index (χ0) is 21.0. The lowest BCUT2D eigenvalue weighted by Gasteiger charge is -2.08. The lowest BCUT2D eigenvalue weighted by atomic mass is 10.2. The Morgan fingerprint density at radius 3 is 2.59 bits per heavy atom. The van der Waals surface area contributed by atoms with E-state index < -0.39 is 16.6 Å². The molecule has 0 aliphatic rings. The van der Waals surface area contributed by atoms with Crippen molar-refractivity contribution in [1.29, 1.82) is 0 Å². The van der Waals surface area contributed by atoms with Gasteiger partial charge in [0.1, 0.15) is 35.4 Å². The highest BCUT2D eigenvalue weighted by Crippen LogP contribution is 2.29. The van der Waals surface area contributed by atoms with E-state index >= 15 is 0 Å². The fraction of sp³-hybridized carbons (Fsp3) is 0.158. The third-order valence-electron chi connectivity index (χ3n) is 4.05. The molecule has 150 valence electrons. The molecule has 0 spiro atoms. The molecule has 1 amide bonds. The Hall–Kier alpha value is -3.95. The summed E-state index contributed by atoms with van der Waals surface area (Å²) in [5.41, 5.74) is -0.0633. The van der Waals surface area contributed by atoms with Crippen molar-refractivity contribution >= 4 is 17.3 Å². The van der Waals surface area contributed by atoms with E-state index in [2.05, 4.69) is 10.5 Å². The molecule has 2 aromatic carbocycles. The van der Waals surface area contributed by atoms with E-state index in [1.807, 2.05) is 0 Å². The summed E-state index contributed by atoms with van der Waals surface area (Å²) in [5, 5.41) is 17.5. The van der Waals surface area contributed by atoms with Crippen molar-refractivity contribution in [3.63, 3.8) is 0 Å². The smallest absolute Gasteiger partial charge is 0.296 e. The first-order valence-corrected chi connectivity index (χ1v) is 8.36. The second kappa shape index (κ2) is 8.38. The summed E-state index contributed by atoms with van der Waals surface area (Å²) in [7, 11) is 1.38. The number of carbonyl (C=O) groups is 1. The maximum Gasteiger partial charge on any atom is 0.296 e. The number of hydrogen-bond acceptors (Lipinski definition) is 7. The molecular formula is C19H16FN3O6. The van der Waals surface area contributed by atoms with Gasteiger partial charge in [0, 0.05) is 0 Å². The van der Waals surface area contributed by atoms with Crippen LogP contribution in [-0.4, -0.2) is 23.1 Å². The number of aromatic nitrogens is 1. The van der Waals surface area contributed by atoms with E-state index in [1.54, 1.807) is 6.92 Å². The van der Waals surface area contributed by atoms with Gasteiger partial charge < -0.3 is 19.3 Å². The fourth-order valence-corrected chi connectivity index (χ4v) is 2.50. The molecular weight excluding hydrogens is 385 g/mol. The first kappa shape index (κ1) is 19.8. The Kier molecular flexibility index (Phi) is 5.72. The summed E-state index contributed by atoms with van der Waals surface area (Å²) in [4.78, 5) is 23.3. The van der Waals surface area contributed by atoms with E-state index in [0.717, 1.165) is 0 Å². The first-order chi connectivity index (χ1) is 13.9. The number of benzene rings is 2. The molecule has 1 heterocycles. The zero-order valence-electron chi connectivity index (χ0n) is 15.5. The number of methoxy groups -OCH3 is 1. The standard InChI is InChI=1S/C19H16FN3O6/c1-11-15(10-28-13-5-3-12(20)4-6-13)18(22-29-11)19(24)21-16-8-7-14(27-2)9-17(16)23(25)26/h3-9H,10H2,1-2H3,(H,21,24). The second-order valence-electron chi connectivity index (χ2n) is 5.90. The van der Waals surface area contributed by atoms with Crippen LogP contribution in [0.4, 0.5) is 15.8 Å². The number of aryl methyl sites for hydroxylation is 1. The molecule has 29 heavy (non-hydrogen) atoms. The van der Waals surface area contributed by atoms with Crippen LogP contribution in [0.1, 0.15) is 21.8 Å². The zero-order valence-corrected chi connectivity index (χ0v) is 15.5. The van der Waals surface area contributed by atoms with E-state index in [4.69, 9.17) is 14.0 Å². The molecule has 0 radical (unpaired) electrons. The number of nitro groups is 1. The maximum absolute atomic E-state index is 13.0. The second-order valence-corrected chi connectivity index (χ2v) is 5.90. The van der Waals surface area contributed by atoms with Crippen LogP contribution < -0.4 is 14.8 Å². The largest absolute Gasteiger partial charge is 0.496 e. The number of rotatable bonds is 7. The minimum absolute atomic E-state index is 0.0214. The third kappa shape index (κ3) is 4.49. The predicted molar refractivity (Wildman–Crippen MR) is 99.6 cm³/mol. The van der Waals surface area contributed by atoms with Gasteiger partial charge in [0.25, 0.3) is 11.6 Å². The van der Waals surface area contributed by atoms with Crippen molar-refractivity contribution in [2.24, 2.45) is 0 Å². The molecule has 3 rings (SSSR count). The van der Waals surface area contributed by atoms with Gasteiger partial charge in [0.15, 0.2) is 5.69 Å². The molecule has 3 aromatic rings. The van der Waals surface area contributed by atoms with Gasteiger partial charge in [0.2, 0.25) is 0 Å². The number of hydrogen-bond donors (Lipinski definition) is 1. The molecule has 1 N–H and O–H groups in total. The number of amides is 1.